The molecule has 0 fully saturated rings. The van der Waals surface area contributed by atoms with E-state index in [1.807, 2.05) is 65.4 Å². The number of aromatic nitrogens is 8. The van der Waals surface area contributed by atoms with Crippen molar-refractivity contribution in [3.8, 4) is 28.5 Å². The summed E-state index contributed by atoms with van der Waals surface area (Å²) in [5, 5.41) is 18.1. The molecule has 87 heavy (non-hydrogen) atoms. The molecule has 0 saturated heterocycles. The fourth-order valence-electron chi connectivity index (χ4n) is 13.0. The number of benzene rings is 10. The van der Waals surface area contributed by atoms with Crippen molar-refractivity contribution in [2.75, 3.05) is 0 Å². The number of para-hydroxylation sites is 2. The summed E-state index contributed by atoms with van der Waals surface area (Å²) in [6, 6.07) is 77.0. The minimum atomic E-state index is 0.264. The summed E-state index contributed by atoms with van der Waals surface area (Å²) < 4.78 is 12.2. The second-order valence-electron chi connectivity index (χ2n) is 21.4. The van der Waals surface area contributed by atoms with Crippen LogP contribution in [0.3, 0.4) is 0 Å². The monoisotopic (exact) mass is 1200 g/mol. The van der Waals surface area contributed by atoms with Crippen LogP contribution in [0.5, 0.6) is 0 Å². The van der Waals surface area contributed by atoms with Gasteiger partial charge in [-0.15, -0.1) is 45.3 Å². The fourth-order valence-corrected chi connectivity index (χ4v) is 17.9. The SMILES string of the molecule is Clc1nc(-c2cccnc2)c2sc3ccccc3c2n1.c1ccc2c(c1)[nH]c1c3ccccc3c3sc4ccccc4c3c21.c1cncc(-c2nc(-n3c4ccccc4c4c5c6ccccc6sc5c5ccccc5c43)nc3c2sc2ccccc23)c1. The maximum absolute atomic E-state index is 6.09. The molecule has 13 heteroatoms. The van der Waals surface area contributed by atoms with Crippen LogP contribution in [0.25, 0.3) is 175 Å². The largest absolute Gasteiger partial charge is 0.354 e. The molecule has 8 nitrogen and oxygen atoms in total. The van der Waals surface area contributed by atoms with Crippen LogP contribution >= 0.6 is 56.9 Å². The van der Waals surface area contributed by atoms with Gasteiger partial charge in [-0.2, -0.15) is 0 Å². The number of nitrogens with one attached hydrogen (secondary N) is 1. The molecule has 0 spiro atoms. The van der Waals surface area contributed by atoms with Gasteiger partial charge in [-0.3, -0.25) is 14.5 Å². The summed E-state index contributed by atoms with van der Waals surface area (Å²) in [6.45, 7) is 0. The van der Waals surface area contributed by atoms with Gasteiger partial charge in [0.25, 0.3) is 0 Å². The van der Waals surface area contributed by atoms with Crippen molar-refractivity contribution >= 4 is 203 Å². The van der Waals surface area contributed by atoms with Crippen molar-refractivity contribution in [3.05, 3.63) is 248 Å². The van der Waals surface area contributed by atoms with Crippen molar-refractivity contribution in [1.29, 1.82) is 0 Å². The Morgan fingerprint density at radius 1 is 0.345 bits per heavy atom. The van der Waals surface area contributed by atoms with Gasteiger partial charge in [0.15, 0.2) is 0 Å². The van der Waals surface area contributed by atoms with Crippen LogP contribution in [-0.2, 0) is 0 Å². The first-order valence-electron chi connectivity index (χ1n) is 28.4. The lowest BCUT2D eigenvalue weighted by atomic mass is 10.00. The number of rotatable bonds is 3. The second-order valence-corrected chi connectivity index (χ2v) is 26.0. The fraction of sp³-hybridized carbons (Fsp3) is 0. The normalized spacial score (nSPS) is 12.0. The standard InChI is InChI=1S/C37H20N4S2.C22H13NS.C15H8ClN3S/c1-2-12-23-22(11-1)34-30(31-25-14-4-7-17-28(25)42-35(23)31)24-13-3-6-16-27(24)41(34)37-39-32(21-10-9-19-38-20-21)36-33(40-37)26-15-5-8-18-29(26)43-36;1-2-8-14-13(7-1)21-19(15-9-3-5-11-17(15)23-21)20-16-10-4-6-12-18(16)24-22(14)20;16-15-18-12(9-4-3-7-17-8-9)14-13(19-15)10-5-1-2-6-11(10)20-14/h1-20H;1-12,23H;1-8H. The second kappa shape index (κ2) is 20.0. The summed E-state index contributed by atoms with van der Waals surface area (Å²) in [4.78, 5) is 31.8. The number of nitrogens with zero attached hydrogens (tertiary/aromatic N) is 7. The van der Waals surface area contributed by atoms with Crippen LogP contribution in [0.4, 0.5) is 0 Å². The Kier molecular flexibility index (Phi) is 11.6. The third kappa shape index (κ3) is 7.85. The number of halogens is 1. The molecule has 0 amide bonds. The van der Waals surface area contributed by atoms with Gasteiger partial charge in [-0.05, 0) is 72.3 Å². The van der Waals surface area contributed by atoms with Crippen LogP contribution in [-0.4, -0.2) is 39.5 Å². The Hall–Kier alpha value is -10.1. The number of hydrogen-bond acceptors (Lipinski definition) is 10. The van der Waals surface area contributed by atoms with Gasteiger partial charge >= 0.3 is 0 Å². The Balaban J connectivity index is 0.000000109. The first kappa shape index (κ1) is 50.3. The van der Waals surface area contributed by atoms with Crippen molar-refractivity contribution in [2.45, 2.75) is 0 Å². The Bertz CT molecular complexity index is 6070. The van der Waals surface area contributed by atoms with E-state index in [4.69, 9.17) is 21.6 Å². The number of aromatic amines is 1. The molecule has 10 heterocycles. The lowest BCUT2D eigenvalue weighted by Gasteiger charge is -2.11. The summed E-state index contributed by atoms with van der Waals surface area (Å²) in [6.07, 6.45) is 7.25. The van der Waals surface area contributed by atoms with E-state index >= 15 is 0 Å². The minimum absolute atomic E-state index is 0.264. The van der Waals surface area contributed by atoms with E-state index in [1.54, 1.807) is 35.1 Å². The molecule has 408 valence electrons. The van der Waals surface area contributed by atoms with Gasteiger partial charge in [0.05, 0.1) is 48.4 Å². The van der Waals surface area contributed by atoms with Gasteiger partial charge in [0, 0.05) is 145 Å². The summed E-state index contributed by atoms with van der Waals surface area (Å²) in [5.41, 5.74) is 10.3. The van der Waals surface area contributed by atoms with E-state index in [-0.39, 0.29) is 5.28 Å². The zero-order valence-corrected chi connectivity index (χ0v) is 49.8. The van der Waals surface area contributed by atoms with Gasteiger partial charge in [-0.1, -0.05) is 158 Å². The molecule has 10 aromatic heterocycles. The molecule has 20 aromatic rings. The quantitative estimate of drug-likeness (QED) is 0.177. The Morgan fingerprint density at radius 2 is 0.793 bits per heavy atom. The van der Waals surface area contributed by atoms with Crippen LogP contribution in [0.2, 0.25) is 5.28 Å². The number of thiophene rings is 4. The maximum atomic E-state index is 6.09. The van der Waals surface area contributed by atoms with E-state index in [9.17, 15) is 0 Å². The van der Waals surface area contributed by atoms with E-state index < -0.39 is 0 Å². The minimum Gasteiger partial charge on any atom is -0.354 e. The highest BCUT2D eigenvalue weighted by molar-refractivity contribution is 7.28. The van der Waals surface area contributed by atoms with Crippen molar-refractivity contribution in [1.82, 2.24) is 39.5 Å². The maximum Gasteiger partial charge on any atom is 0.235 e. The molecule has 0 bridgehead atoms. The van der Waals surface area contributed by atoms with E-state index in [0.29, 0.717) is 5.95 Å². The molecule has 0 saturated carbocycles. The summed E-state index contributed by atoms with van der Waals surface area (Å²) in [5.74, 6) is 0.671. The number of pyridine rings is 2. The molecule has 0 aliphatic carbocycles. The first-order chi connectivity index (χ1) is 43.1. The summed E-state index contributed by atoms with van der Waals surface area (Å²) in [7, 11) is 0. The van der Waals surface area contributed by atoms with Crippen LogP contribution < -0.4 is 0 Å². The number of fused-ring (bicyclic) bond motifs is 26. The number of H-pyrrole nitrogens is 1. The molecule has 0 unspecified atom stereocenters. The van der Waals surface area contributed by atoms with Crippen molar-refractivity contribution in [3.63, 3.8) is 0 Å². The average molecular weight is 1210 g/mol. The van der Waals surface area contributed by atoms with Gasteiger partial charge in [0.2, 0.25) is 11.2 Å². The molecule has 0 radical (unpaired) electrons. The predicted octanol–water partition coefficient (Wildman–Crippen LogP) is 21.9. The summed E-state index contributed by atoms with van der Waals surface area (Å²) >= 11 is 13.3. The third-order valence-electron chi connectivity index (χ3n) is 16.6. The average Bonchev–Trinajstić information content (AvgIpc) is 1.64. The third-order valence-corrected chi connectivity index (χ3v) is 21.5. The smallest absolute Gasteiger partial charge is 0.235 e. The topological polar surface area (TPSA) is 98.1 Å². The highest BCUT2D eigenvalue weighted by Gasteiger charge is 2.25. The molecule has 0 aliphatic heterocycles. The number of hydrogen-bond donors (Lipinski definition) is 1. The molecular formula is C74H41ClN8S4. The zero-order chi connectivity index (χ0) is 57.3. The van der Waals surface area contributed by atoms with E-state index in [2.05, 4.69) is 218 Å². The molecular weight excluding hydrogens is 1160 g/mol. The van der Waals surface area contributed by atoms with Crippen LogP contribution in [0.1, 0.15) is 0 Å². The van der Waals surface area contributed by atoms with E-state index in [0.717, 1.165) is 64.8 Å². The highest BCUT2D eigenvalue weighted by Crippen LogP contribution is 2.50. The van der Waals surface area contributed by atoms with Crippen LogP contribution in [0.15, 0.2) is 243 Å². The Labute approximate surface area is 515 Å². The molecule has 0 aliphatic rings. The molecule has 1 N–H and O–H groups in total. The Morgan fingerprint density at radius 3 is 1.39 bits per heavy atom. The van der Waals surface area contributed by atoms with E-state index in [1.165, 1.54) is 104 Å². The van der Waals surface area contributed by atoms with Gasteiger partial charge in [-0.25, -0.2) is 19.9 Å². The van der Waals surface area contributed by atoms with Gasteiger partial charge in [0.1, 0.15) is 0 Å². The molecule has 10 aromatic carbocycles. The lowest BCUT2D eigenvalue weighted by Crippen LogP contribution is -2.03. The van der Waals surface area contributed by atoms with Crippen LogP contribution in [0, 0.1) is 0 Å². The molecule has 0 atom stereocenters. The first-order valence-corrected chi connectivity index (χ1v) is 32.1. The lowest BCUT2D eigenvalue weighted by molar-refractivity contribution is 1.02. The predicted molar refractivity (Wildman–Crippen MR) is 372 cm³/mol. The zero-order valence-electron chi connectivity index (χ0n) is 45.7. The highest BCUT2D eigenvalue weighted by atomic mass is 35.5. The molecule has 20 rings (SSSR count). The van der Waals surface area contributed by atoms with Gasteiger partial charge < -0.3 is 4.98 Å². The van der Waals surface area contributed by atoms with Crippen molar-refractivity contribution in [2.24, 2.45) is 0 Å². The van der Waals surface area contributed by atoms with Crippen molar-refractivity contribution < 1.29 is 0 Å².